The Morgan fingerprint density at radius 3 is 2.85 bits per heavy atom. The number of aryl methyl sites for hydroxylation is 2. The molecule has 0 unspecified atom stereocenters. The number of hydrogen-bond donors (Lipinski definition) is 0. The number of likely N-dealkylation sites (N-methyl/N-ethyl adjacent to an activating group) is 1. The van der Waals surface area contributed by atoms with E-state index in [1.54, 1.807) is 11.3 Å². The topological polar surface area (TPSA) is 30.3 Å². The predicted octanol–water partition coefficient (Wildman–Crippen LogP) is 3.26. The molecule has 0 aliphatic rings. The number of hydrogen-bond acceptors (Lipinski definition) is 5. The van der Waals surface area contributed by atoms with Gasteiger partial charge in [0.1, 0.15) is 17.4 Å². The lowest BCUT2D eigenvalue weighted by atomic mass is 10.2. The van der Waals surface area contributed by atoms with Crippen molar-refractivity contribution in [2.45, 2.75) is 20.5 Å². The highest BCUT2D eigenvalue weighted by Gasteiger charge is 2.04. The van der Waals surface area contributed by atoms with E-state index in [9.17, 15) is 0 Å². The van der Waals surface area contributed by atoms with Crippen molar-refractivity contribution >= 4 is 23.6 Å². The Balaban J connectivity index is 1.79. The molecule has 0 aliphatic carbocycles. The fourth-order valence-corrected chi connectivity index (χ4v) is 2.88. The quantitative estimate of drug-likeness (QED) is 0.766. The summed E-state index contributed by atoms with van der Waals surface area (Å²) in [6.07, 6.45) is 0. The minimum Gasteiger partial charge on any atom is -0.492 e. The van der Waals surface area contributed by atoms with Gasteiger partial charge in [-0.05, 0) is 50.8 Å². The molecule has 0 N–H and O–H groups in total. The van der Waals surface area contributed by atoms with Crippen molar-refractivity contribution < 1.29 is 4.74 Å². The van der Waals surface area contributed by atoms with Crippen molar-refractivity contribution in [1.82, 2.24) is 14.7 Å². The summed E-state index contributed by atoms with van der Waals surface area (Å²) in [7, 11) is 2.04. The number of benzene rings is 1. The highest BCUT2D eigenvalue weighted by molar-refractivity contribution is 7.73. The van der Waals surface area contributed by atoms with E-state index in [2.05, 4.69) is 23.0 Å². The number of nitrogens with zero attached hydrogens (tertiary/aromatic N) is 3. The van der Waals surface area contributed by atoms with Crippen LogP contribution in [0, 0.1) is 17.8 Å². The molecule has 0 aliphatic heterocycles. The van der Waals surface area contributed by atoms with Gasteiger partial charge >= 0.3 is 0 Å². The average molecular weight is 309 g/mol. The molecule has 1 aromatic carbocycles. The van der Waals surface area contributed by atoms with Crippen molar-refractivity contribution in [2.24, 2.45) is 0 Å². The van der Waals surface area contributed by atoms with Crippen LogP contribution < -0.4 is 4.74 Å². The molecule has 0 amide bonds. The lowest BCUT2D eigenvalue weighted by molar-refractivity contribution is 0.198. The second-order valence-electron chi connectivity index (χ2n) is 4.77. The van der Waals surface area contributed by atoms with Crippen LogP contribution in [0.15, 0.2) is 24.3 Å². The van der Waals surface area contributed by atoms with Crippen molar-refractivity contribution in [3.05, 3.63) is 38.8 Å². The molecule has 6 heteroatoms. The first kappa shape index (κ1) is 15.2. The summed E-state index contributed by atoms with van der Waals surface area (Å²) in [5, 5.41) is 5.38. The van der Waals surface area contributed by atoms with Crippen molar-refractivity contribution in [3.8, 4) is 5.75 Å². The Morgan fingerprint density at radius 2 is 2.20 bits per heavy atom. The largest absolute Gasteiger partial charge is 0.492 e. The fraction of sp³-hybridized carbons (Fsp3) is 0.429. The molecule has 0 fully saturated rings. The van der Waals surface area contributed by atoms with Gasteiger partial charge in [-0.1, -0.05) is 23.5 Å². The molecular formula is C14H19N3OS2. The van der Waals surface area contributed by atoms with Crippen LogP contribution in [0.1, 0.15) is 10.6 Å². The van der Waals surface area contributed by atoms with Crippen molar-refractivity contribution in [2.75, 3.05) is 20.2 Å². The molecule has 0 atom stereocenters. The van der Waals surface area contributed by atoms with E-state index in [0.717, 1.165) is 21.3 Å². The molecule has 0 saturated carbocycles. The third kappa shape index (κ3) is 4.40. The van der Waals surface area contributed by atoms with Crippen molar-refractivity contribution in [3.63, 3.8) is 0 Å². The molecule has 2 rings (SSSR count). The van der Waals surface area contributed by atoms with Gasteiger partial charge in [0.05, 0.1) is 6.67 Å². The van der Waals surface area contributed by atoms with Crippen LogP contribution in [0.4, 0.5) is 0 Å². The standard InChI is InChI=1S/C14H19N3OS2/c1-11-5-4-6-13(9-11)18-8-7-16(3)10-17-14(19)20-12(2)15-17/h4-6,9H,7-8,10H2,1-3H3. The van der Waals surface area contributed by atoms with Crippen LogP contribution in [0.2, 0.25) is 0 Å². The van der Waals surface area contributed by atoms with E-state index < -0.39 is 0 Å². The minimum absolute atomic E-state index is 0.649. The van der Waals surface area contributed by atoms with Crippen LogP contribution in [0.5, 0.6) is 5.75 Å². The van der Waals surface area contributed by atoms with Crippen LogP contribution in [-0.4, -0.2) is 34.9 Å². The molecule has 0 radical (unpaired) electrons. The van der Waals surface area contributed by atoms with Crippen LogP contribution in [0.25, 0.3) is 0 Å². The van der Waals surface area contributed by atoms with Crippen LogP contribution in [0.3, 0.4) is 0 Å². The third-order valence-electron chi connectivity index (χ3n) is 2.81. The van der Waals surface area contributed by atoms with E-state index in [4.69, 9.17) is 17.0 Å². The lowest BCUT2D eigenvalue weighted by Crippen LogP contribution is -2.27. The Morgan fingerprint density at radius 1 is 1.40 bits per heavy atom. The molecule has 1 aromatic heterocycles. The van der Waals surface area contributed by atoms with E-state index >= 15 is 0 Å². The van der Waals surface area contributed by atoms with Crippen molar-refractivity contribution in [1.29, 1.82) is 0 Å². The summed E-state index contributed by atoms with van der Waals surface area (Å²) in [5.74, 6) is 0.916. The van der Waals surface area contributed by atoms with Gasteiger partial charge in [-0.15, -0.1) is 0 Å². The molecule has 108 valence electrons. The molecule has 2 aromatic rings. The van der Waals surface area contributed by atoms with Gasteiger partial charge in [0.15, 0.2) is 3.95 Å². The van der Waals surface area contributed by atoms with E-state index in [-0.39, 0.29) is 0 Å². The summed E-state index contributed by atoms with van der Waals surface area (Å²) >= 11 is 6.80. The molecule has 1 heterocycles. The Labute approximate surface area is 128 Å². The molecule has 0 saturated heterocycles. The maximum Gasteiger partial charge on any atom is 0.180 e. The highest BCUT2D eigenvalue weighted by atomic mass is 32.1. The van der Waals surface area contributed by atoms with Crippen LogP contribution >= 0.6 is 23.6 Å². The van der Waals surface area contributed by atoms with E-state index in [1.165, 1.54) is 5.56 Å². The first-order valence-electron chi connectivity index (χ1n) is 6.47. The Kier molecular flexibility index (Phi) is 5.28. The first-order valence-corrected chi connectivity index (χ1v) is 7.69. The van der Waals surface area contributed by atoms with Crippen LogP contribution in [-0.2, 0) is 6.67 Å². The van der Waals surface area contributed by atoms with Gasteiger partial charge in [0.25, 0.3) is 0 Å². The van der Waals surface area contributed by atoms with Gasteiger partial charge in [-0.25, -0.2) is 4.68 Å². The SMILES string of the molecule is Cc1cccc(OCCN(C)Cn2nc(C)sc2=S)c1. The van der Waals surface area contributed by atoms with Gasteiger partial charge in [-0.2, -0.15) is 5.10 Å². The normalized spacial score (nSPS) is 11.0. The van der Waals surface area contributed by atoms with E-state index in [1.807, 2.05) is 36.9 Å². The minimum atomic E-state index is 0.649. The van der Waals surface area contributed by atoms with Gasteiger partial charge in [-0.3, -0.25) is 4.90 Å². The summed E-state index contributed by atoms with van der Waals surface area (Å²) < 4.78 is 8.40. The predicted molar refractivity (Wildman–Crippen MR) is 85.0 cm³/mol. The molecular weight excluding hydrogens is 290 g/mol. The molecule has 0 spiro atoms. The van der Waals surface area contributed by atoms with E-state index in [0.29, 0.717) is 13.3 Å². The number of aromatic nitrogens is 2. The van der Waals surface area contributed by atoms with Gasteiger partial charge in [0.2, 0.25) is 0 Å². The zero-order valence-corrected chi connectivity index (χ0v) is 13.6. The average Bonchev–Trinajstić information content (AvgIpc) is 2.68. The number of rotatable bonds is 6. The lowest BCUT2D eigenvalue weighted by Gasteiger charge is -2.16. The van der Waals surface area contributed by atoms with Gasteiger partial charge < -0.3 is 4.74 Å². The zero-order valence-electron chi connectivity index (χ0n) is 12.0. The summed E-state index contributed by atoms with van der Waals surface area (Å²) in [6.45, 7) is 6.20. The highest BCUT2D eigenvalue weighted by Crippen LogP contribution is 2.12. The summed E-state index contributed by atoms with van der Waals surface area (Å²) in [5.41, 5.74) is 1.21. The fourth-order valence-electron chi connectivity index (χ4n) is 1.82. The Bertz CT molecular complexity index is 621. The Hall–Kier alpha value is -1.24. The first-order chi connectivity index (χ1) is 9.54. The molecule has 4 nitrogen and oxygen atoms in total. The van der Waals surface area contributed by atoms with Gasteiger partial charge in [0, 0.05) is 6.54 Å². The zero-order chi connectivity index (χ0) is 14.5. The summed E-state index contributed by atoms with van der Waals surface area (Å²) in [6, 6.07) is 8.09. The second kappa shape index (κ2) is 6.97. The maximum absolute atomic E-state index is 5.74. The third-order valence-corrected chi connectivity index (χ3v) is 4.04. The second-order valence-corrected chi connectivity index (χ2v) is 6.60. The number of ether oxygens (including phenoxy) is 1. The molecule has 0 bridgehead atoms. The molecule has 20 heavy (non-hydrogen) atoms. The monoisotopic (exact) mass is 309 g/mol. The summed E-state index contributed by atoms with van der Waals surface area (Å²) in [4.78, 5) is 2.14. The smallest absolute Gasteiger partial charge is 0.180 e. The maximum atomic E-state index is 5.74.